The van der Waals surface area contributed by atoms with Crippen molar-refractivity contribution >= 4 is 0 Å². The Hall–Kier alpha value is -1.06. The maximum absolute atomic E-state index is 5.87. The molecular weight excluding hydrogens is 250 g/mol. The van der Waals surface area contributed by atoms with Gasteiger partial charge in [0.05, 0.1) is 12.7 Å². The van der Waals surface area contributed by atoms with E-state index in [2.05, 4.69) is 37.5 Å². The van der Waals surface area contributed by atoms with Crippen molar-refractivity contribution in [2.45, 2.75) is 44.8 Å². The van der Waals surface area contributed by atoms with Crippen LogP contribution in [0.15, 0.2) is 18.2 Å². The third kappa shape index (κ3) is 2.57. The van der Waals surface area contributed by atoms with Gasteiger partial charge in [-0.25, -0.2) is 0 Å². The molecule has 0 amide bonds. The normalized spacial score (nSPS) is 26.9. The fourth-order valence-corrected chi connectivity index (χ4v) is 3.67. The molecule has 0 saturated carbocycles. The van der Waals surface area contributed by atoms with Crippen molar-refractivity contribution in [2.75, 3.05) is 20.3 Å². The van der Waals surface area contributed by atoms with Gasteiger partial charge < -0.3 is 14.8 Å². The number of benzene rings is 1. The number of fused-ring (bicyclic) bond motifs is 1. The summed E-state index contributed by atoms with van der Waals surface area (Å²) in [5, 5.41) is 3.51. The zero-order chi connectivity index (χ0) is 13.9. The monoisotopic (exact) mass is 275 g/mol. The first-order valence-corrected chi connectivity index (χ1v) is 7.88. The zero-order valence-electron chi connectivity index (χ0n) is 12.5. The summed E-state index contributed by atoms with van der Waals surface area (Å²) in [6.07, 6.45) is 4.90. The first-order chi connectivity index (χ1) is 9.83. The highest BCUT2D eigenvalue weighted by Crippen LogP contribution is 2.36. The van der Waals surface area contributed by atoms with E-state index in [1.54, 1.807) is 0 Å². The summed E-state index contributed by atoms with van der Waals surface area (Å²) >= 11 is 0. The average molecular weight is 275 g/mol. The molecule has 3 rings (SSSR count). The summed E-state index contributed by atoms with van der Waals surface area (Å²) in [5.41, 5.74) is 2.74. The van der Waals surface area contributed by atoms with Gasteiger partial charge in [-0.15, -0.1) is 0 Å². The van der Waals surface area contributed by atoms with Crippen LogP contribution in [-0.4, -0.2) is 26.4 Å². The van der Waals surface area contributed by atoms with Gasteiger partial charge in [-0.1, -0.05) is 19.1 Å². The van der Waals surface area contributed by atoms with Crippen LogP contribution in [0, 0.1) is 5.92 Å². The van der Waals surface area contributed by atoms with Crippen molar-refractivity contribution in [3.8, 4) is 5.75 Å². The standard InChI is InChI=1S/C17H25NO2/c1-3-15-14(8-10-20-15)17(18-2)13-6-7-16-12(11-13)5-4-9-19-16/h6-7,11,14-15,17-18H,3-5,8-10H2,1-2H3. The van der Waals surface area contributed by atoms with Crippen molar-refractivity contribution in [1.29, 1.82) is 0 Å². The molecule has 110 valence electrons. The molecule has 3 heteroatoms. The highest BCUT2D eigenvalue weighted by molar-refractivity contribution is 5.40. The molecule has 1 fully saturated rings. The van der Waals surface area contributed by atoms with E-state index in [0.29, 0.717) is 18.1 Å². The summed E-state index contributed by atoms with van der Waals surface area (Å²) in [6.45, 7) is 3.97. The minimum atomic E-state index is 0.384. The van der Waals surface area contributed by atoms with Gasteiger partial charge in [0.2, 0.25) is 0 Å². The third-order valence-corrected chi connectivity index (χ3v) is 4.69. The van der Waals surface area contributed by atoms with Crippen LogP contribution >= 0.6 is 0 Å². The van der Waals surface area contributed by atoms with Gasteiger partial charge in [-0.2, -0.15) is 0 Å². The third-order valence-electron chi connectivity index (χ3n) is 4.69. The van der Waals surface area contributed by atoms with Crippen LogP contribution in [0.5, 0.6) is 5.75 Å². The van der Waals surface area contributed by atoms with Crippen molar-refractivity contribution in [3.63, 3.8) is 0 Å². The highest BCUT2D eigenvalue weighted by atomic mass is 16.5. The lowest BCUT2D eigenvalue weighted by Gasteiger charge is -2.28. The van der Waals surface area contributed by atoms with Crippen molar-refractivity contribution < 1.29 is 9.47 Å². The van der Waals surface area contributed by atoms with E-state index in [0.717, 1.165) is 44.6 Å². The SMILES string of the molecule is CCC1OCCC1C(NC)c1ccc2c(c1)CCCO2. The van der Waals surface area contributed by atoms with Crippen LogP contribution in [0.2, 0.25) is 0 Å². The van der Waals surface area contributed by atoms with Crippen LogP contribution in [0.25, 0.3) is 0 Å². The Morgan fingerprint density at radius 3 is 3.05 bits per heavy atom. The van der Waals surface area contributed by atoms with Gasteiger partial charge in [-0.05, 0) is 49.9 Å². The Labute approximate surface area is 121 Å². The van der Waals surface area contributed by atoms with E-state index in [1.807, 2.05) is 0 Å². The summed E-state index contributed by atoms with van der Waals surface area (Å²) in [6, 6.07) is 7.08. The Balaban J connectivity index is 1.85. The second kappa shape index (κ2) is 6.15. The number of rotatable bonds is 4. The molecule has 3 atom stereocenters. The van der Waals surface area contributed by atoms with Gasteiger partial charge in [-0.3, -0.25) is 0 Å². The summed E-state index contributed by atoms with van der Waals surface area (Å²) in [5.74, 6) is 1.65. The van der Waals surface area contributed by atoms with Crippen LogP contribution in [0.1, 0.15) is 43.4 Å². The molecule has 3 nitrogen and oxygen atoms in total. The quantitative estimate of drug-likeness (QED) is 0.916. The summed E-state index contributed by atoms with van der Waals surface area (Å²) in [7, 11) is 2.06. The molecule has 0 radical (unpaired) electrons. The van der Waals surface area contributed by atoms with E-state index in [1.165, 1.54) is 11.1 Å². The Morgan fingerprint density at radius 2 is 2.25 bits per heavy atom. The predicted octanol–water partition coefficient (Wildman–Crippen LogP) is 3.09. The van der Waals surface area contributed by atoms with E-state index < -0.39 is 0 Å². The van der Waals surface area contributed by atoms with E-state index >= 15 is 0 Å². The maximum Gasteiger partial charge on any atom is 0.122 e. The molecule has 0 spiro atoms. The molecule has 1 aromatic carbocycles. The second-order valence-corrected chi connectivity index (χ2v) is 5.86. The molecule has 1 saturated heterocycles. The number of hydrogen-bond acceptors (Lipinski definition) is 3. The van der Waals surface area contributed by atoms with Crippen molar-refractivity contribution in [2.24, 2.45) is 5.92 Å². The predicted molar refractivity (Wildman–Crippen MR) is 80.2 cm³/mol. The zero-order valence-corrected chi connectivity index (χ0v) is 12.5. The average Bonchev–Trinajstić information content (AvgIpc) is 2.96. The molecule has 0 aliphatic carbocycles. The van der Waals surface area contributed by atoms with E-state index in [4.69, 9.17) is 9.47 Å². The van der Waals surface area contributed by atoms with Gasteiger partial charge in [0.1, 0.15) is 5.75 Å². The number of hydrogen-bond donors (Lipinski definition) is 1. The number of nitrogens with one attached hydrogen (secondary N) is 1. The van der Waals surface area contributed by atoms with Gasteiger partial charge >= 0.3 is 0 Å². The Morgan fingerprint density at radius 1 is 1.35 bits per heavy atom. The summed E-state index contributed by atoms with van der Waals surface area (Å²) in [4.78, 5) is 0. The minimum absolute atomic E-state index is 0.384. The first-order valence-electron chi connectivity index (χ1n) is 7.88. The molecular formula is C17H25NO2. The van der Waals surface area contributed by atoms with Gasteiger partial charge in [0.25, 0.3) is 0 Å². The number of ether oxygens (including phenoxy) is 2. The largest absolute Gasteiger partial charge is 0.493 e. The molecule has 1 N–H and O–H groups in total. The van der Waals surface area contributed by atoms with Crippen LogP contribution in [0.4, 0.5) is 0 Å². The molecule has 3 unspecified atom stereocenters. The molecule has 2 aliphatic rings. The number of aryl methyl sites for hydroxylation is 1. The van der Waals surface area contributed by atoms with E-state index in [9.17, 15) is 0 Å². The van der Waals surface area contributed by atoms with Crippen molar-refractivity contribution in [1.82, 2.24) is 5.32 Å². The molecule has 0 aromatic heterocycles. The smallest absolute Gasteiger partial charge is 0.122 e. The second-order valence-electron chi connectivity index (χ2n) is 5.86. The molecule has 1 aromatic rings. The fraction of sp³-hybridized carbons (Fsp3) is 0.647. The molecule has 20 heavy (non-hydrogen) atoms. The lowest BCUT2D eigenvalue weighted by atomic mass is 9.85. The van der Waals surface area contributed by atoms with Crippen LogP contribution in [0.3, 0.4) is 0 Å². The van der Waals surface area contributed by atoms with E-state index in [-0.39, 0.29) is 0 Å². The molecule has 2 aliphatic heterocycles. The van der Waals surface area contributed by atoms with Gasteiger partial charge in [0, 0.05) is 18.6 Å². The Bertz CT molecular complexity index is 460. The van der Waals surface area contributed by atoms with Crippen LogP contribution in [-0.2, 0) is 11.2 Å². The van der Waals surface area contributed by atoms with Crippen LogP contribution < -0.4 is 10.1 Å². The first kappa shape index (κ1) is 13.9. The maximum atomic E-state index is 5.87. The highest BCUT2D eigenvalue weighted by Gasteiger charge is 2.34. The van der Waals surface area contributed by atoms with Crippen molar-refractivity contribution in [3.05, 3.63) is 29.3 Å². The lowest BCUT2D eigenvalue weighted by molar-refractivity contribution is 0.0782. The lowest BCUT2D eigenvalue weighted by Crippen LogP contribution is -2.30. The topological polar surface area (TPSA) is 30.5 Å². The summed E-state index contributed by atoms with van der Waals surface area (Å²) < 4.78 is 11.6. The van der Waals surface area contributed by atoms with Gasteiger partial charge in [0.15, 0.2) is 0 Å². The minimum Gasteiger partial charge on any atom is -0.493 e. The fourth-order valence-electron chi connectivity index (χ4n) is 3.67. The molecule has 2 heterocycles. The molecule has 0 bridgehead atoms. The Kier molecular flexibility index (Phi) is 4.27.